The molecule has 0 aromatic heterocycles. The summed E-state index contributed by atoms with van der Waals surface area (Å²) in [7, 11) is 3.95. The van der Waals surface area contributed by atoms with Crippen LogP contribution < -0.4 is 0 Å². The standard InChI is InChI=1S/C9H18NO.CH3.Lr/c1-8-4-5-9(7-11-3)10(2)6-8;;/h9H,4-7H2,1-3H3;1H3;/q2*-1;. The molecule has 1 atom stereocenters. The second-order valence-electron chi connectivity index (χ2n) is 3.52. The maximum absolute atomic E-state index is 5.14. The summed E-state index contributed by atoms with van der Waals surface area (Å²) in [5, 5.41) is 0. The van der Waals surface area contributed by atoms with Gasteiger partial charge in [-0.15, -0.1) is 6.54 Å². The van der Waals surface area contributed by atoms with Crippen LogP contribution in [0.5, 0.6) is 0 Å². The van der Waals surface area contributed by atoms with Crippen LogP contribution in [0.2, 0.25) is 0 Å². The molecule has 1 saturated heterocycles. The van der Waals surface area contributed by atoms with Gasteiger partial charge < -0.3 is 23.0 Å². The van der Waals surface area contributed by atoms with Crippen LogP contribution in [0, 0.1) is 13.3 Å². The molecule has 3 heteroatoms. The molecule has 1 aliphatic heterocycles. The summed E-state index contributed by atoms with van der Waals surface area (Å²) in [5.41, 5.74) is 0. The molecule has 89 valence electrons. The fourth-order valence-electron chi connectivity index (χ4n) is 1.67. The number of hydrogen-bond acceptors (Lipinski definition) is 2. The van der Waals surface area contributed by atoms with Crippen molar-refractivity contribution in [2.75, 3.05) is 27.3 Å². The minimum absolute atomic E-state index is 0. The smallest absolute Gasteiger partial charge is 0.0615 e. The average Bonchev–Trinajstić information content (AvgIpc) is 1.95. The normalized spacial score (nSPS) is 24.7. The van der Waals surface area contributed by atoms with Crippen LogP contribution in [-0.2, 0) is 4.74 Å². The van der Waals surface area contributed by atoms with Gasteiger partial charge in [0.05, 0.1) is 6.61 Å². The summed E-state index contributed by atoms with van der Waals surface area (Å²) >= 11 is 0. The molecule has 0 bridgehead atoms. The van der Waals surface area contributed by atoms with Gasteiger partial charge in [0.25, 0.3) is 0 Å². The zero-order valence-electron chi connectivity index (χ0n) is 9.02. The molecular weight excluding hydrogens is 412 g/mol. The average molecular weight is 433 g/mol. The quantitative estimate of drug-likeness (QED) is 0.616. The Balaban J connectivity index is 0. The van der Waals surface area contributed by atoms with E-state index in [9.17, 15) is 0 Å². The Labute approximate surface area is 76.9 Å². The van der Waals surface area contributed by atoms with Crippen LogP contribution in [0.3, 0.4) is 0 Å². The molecule has 1 aliphatic rings. The monoisotopic (exact) mass is 433 g/mol. The second kappa shape index (κ2) is 6.44. The molecule has 0 amide bonds. The van der Waals surface area contributed by atoms with Gasteiger partial charge in [0.1, 0.15) is 0 Å². The van der Waals surface area contributed by atoms with Crippen molar-refractivity contribution in [2.45, 2.75) is 25.8 Å². The fourth-order valence-corrected chi connectivity index (χ4v) is 1.67. The van der Waals surface area contributed by atoms with Crippen molar-refractivity contribution in [1.82, 2.24) is 4.90 Å². The molecule has 0 N–H and O–H groups in total. The first kappa shape index (κ1) is 14.4. The van der Waals surface area contributed by atoms with Crippen molar-refractivity contribution in [2.24, 2.45) is 0 Å². The SMILES string of the molecule is COCC1CC[C-](C)CN1C.[CH3-].[Lr]. The van der Waals surface area contributed by atoms with Crippen molar-refractivity contribution in [3.8, 4) is 0 Å². The van der Waals surface area contributed by atoms with E-state index >= 15 is 0 Å². The summed E-state index contributed by atoms with van der Waals surface area (Å²) in [6, 6.07) is 0.642. The van der Waals surface area contributed by atoms with E-state index in [0.29, 0.717) is 6.04 Å². The van der Waals surface area contributed by atoms with Crippen molar-refractivity contribution in [1.29, 1.82) is 0 Å². The van der Waals surface area contributed by atoms with E-state index in [1.54, 1.807) is 13.0 Å². The first-order chi connectivity index (χ1) is 5.24. The molecule has 1 heterocycles. The number of rotatable bonds is 2. The summed E-state index contributed by atoms with van der Waals surface area (Å²) in [4.78, 5) is 2.38. The number of piperidine rings is 1. The molecule has 0 saturated carbocycles. The number of hydrogen-bond donors (Lipinski definition) is 0. The molecule has 1 unspecified atom stereocenters. The maximum atomic E-state index is 5.14. The van der Waals surface area contributed by atoms with Gasteiger partial charge >= 0.3 is 0 Å². The molecule has 2 nitrogen and oxygen atoms in total. The molecule has 0 aromatic carbocycles. The zero-order valence-corrected chi connectivity index (χ0v) is 11.2. The Hall–Kier alpha value is -1.08. The Morgan fingerprint density at radius 3 is 2.62 bits per heavy atom. The Kier molecular flexibility index (Phi) is 7.15. The van der Waals surface area contributed by atoms with Crippen molar-refractivity contribution >= 4 is 0 Å². The largest absolute Gasteiger partial charge is 0.383 e. The van der Waals surface area contributed by atoms with Gasteiger partial charge in [0.2, 0.25) is 0 Å². The number of likely N-dealkylation sites (tertiary alicyclic amines) is 1. The van der Waals surface area contributed by atoms with E-state index in [4.69, 9.17) is 4.74 Å². The number of likely N-dealkylation sites (N-methyl/N-ethyl adjacent to an activating group) is 1. The predicted molar refractivity (Wildman–Crippen MR) is 52.9 cm³/mol. The van der Waals surface area contributed by atoms with Gasteiger partial charge in [0.15, 0.2) is 0 Å². The van der Waals surface area contributed by atoms with E-state index in [2.05, 4.69) is 18.9 Å². The van der Waals surface area contributed by atoms with Crippen molar-refractivity contribution in [3.63, 3.8) is 0 Å². The van der Waals surface area contributed by atoms with Crippen molar-refractivity contribution in [3.05, 3.63) is 13.3 Å². The second-order valence-corrected chi connectivity index (χ2v) is 3.52. The zero-order chi connectivity index (χ0) is 8.27. The van der Waals surface area contributed by atoms with E-state index in [0.717, 1.165) is 13.2 Å². The predicted octanol–water partition coefficient (Wildman–Crippen LogP) is 1.77. The maximum Gasteiger partial charge on any atom is 0.0615 e. The summed E-state index contributed by atoms with van der Waals surface area (Å²) in [6.45, 7) is 4.26. The molecular formula is C10H21LrNO-2. The van der Waals surface area contributed by atoms with Crippen LogP contribution in [0.25, 0.3) is 0 Å². The summed E-state index contributed by atoms with van der Waals surface area (Å²) in [6.07, 6.45) is 2.54. The number of methoxy groups -OCH3 is 1. The number of ether oxygens (including phenoxy) is 1. The summed E-state index contributed by atoms with van der Waals surface area (Å²) in [5.74, 6) is 1.60. The third-order valence-electron chi connectivity index (χ3n) is 2.41. The van der Waals surface area contributed by atoms with Crippen LogP contribution in [0.1, 0.15) is 19.8 Å². The molecule has 1 rings (SSSR count). The van der Waals surface area contributed by atoms with Gasteiger partial charge in [-0.05, 0) is 7.05 Å². The Morgan fingerprint density at radius 1 is 1.54 bits per heavy atom. The van der Waals surface area contributed by atoms with Gasteiger partial charge in [-0.25, -0.2) is 0 Å². The van der Waals surface area contributed by atoms with E-state index in [-0.39, 0.29) is 7.43 Å². The molecule has 0 aliphatic carbocycles. The first-order valence-corrected chi connectivity index (χ1v) is 4.24. The van der Waals surface area contributed by atoms with Crippen LogP contribution in [-0.4, -0.2) is 38.3 Å². The third-order valence-corrected chi connectivity index (χ3v) is 2.41. The van der Waals surface area contributed by atoms with Gasteiger partial charge in [0, 0.05) is 13.2 Å². The Morgan fingerprint density at radius 2 is 2.15 bits per heavy atom. The van der Waals surface area contributed by atoms with Gasteiger partial charge in [-0.3, -0.25) is 0 Å². The van der Waals surface area contributed by atoms with Gasteiger partial charge in [-0.2, -0.15) is 13.3 Å². The Bertz CT molecular complexity index is 121. The molecule has 1 fully saturated rings. The molecule has 1 radical (unpaired) electrons. The van der Waals surface area contributed by atoms with Gasteiger partial charge in [-0.1, -0.05) is 6.42 Å². The molecule has 0 aromatic rings. The van der Waals surface area contributed by atoms with Crippen LogP contribution >= 0.6 is 0 Å². The minimum atomic E-state index is 0. The van der Waals surface area contributed by atoms with E-state index in [1.165, 1.54) is 12.8 Å². The first-order valence-electron chi connectivity index (χ1n) is 4.24. The fraction of sp³-hybridized carbons (Fsp3) is 0.800. The van der Waals surface area contributed by atoms with Crippen LogP contribution in [0.4, 0.5) is 0 Å². The number of nitrogens with zero attached hydrogens (tertiary/aromatic N) is 1. The van der Waals surface area contributed by atoms with E-state index < -0.39 is 0 Å². The summed E-state index contributed by atoms with van der Waals surface area (Å²) < 4.78 is 5.14. The topological polar surface area (TPSA) is 12.5 Å². The minimum Gasteiger partial charge on any atom is -0.383 e. The van der Waals surface area contributed by atoms with E-state index in [1.807, 2.05) is 0 Å². The van der Waals surface area contributed by atoms with Crippen molar-refractivity contribution < 1.29 is 4.74 Å². The van der Waals surface area contributed by atoms with Crippen LogP contribution in [0.15, 0.2) is 0 Å². The molecule has 0 spiro atoms. The third kappa shape index (κ3) is 3.90. The molecule has 13 heavy (non-hydrogen) atoms.